The predicted molar refractivity (Wildman–Crippen MR) is 142 cm³/mol. The van der Waals surface area contributed by atoms with Crippen LogP contribution in [0, 0.1) is 20.8 Å². The van der Waals surface area contributed by atoms with Gasteiger partial charge in [-0.15, -0.1) is 0 Å². The Balaban J connectivity index is 2.24. The minimum atomic E-state index is -3.52. The Morgan fingerprint density at radius 3 is 2.17 bits per heavy atom. The summed E-state index contributed by atoms with van der Waals surface area (Å²) in [4.78, 5) is 27.8. The minimum Gasteiger partial charge on any atom is -0.355 e. The van der Waals surface area contributed by atoms with E-state index in [1.54, 1.807) is 4.90 Å². The Bertz CT molecular complexity index is 1110. The average Bonchev–Trinajstić information content (AvgIpc) is 2.76. The molecule has 0 aromatic heterocycles. The lowest BCUT2D eigenvalue weighted by Gasteiger charge is -2.31. The van der Waals surface area contributed by atoms with Gasteiger partial charge in [-0.25, -0.2) is 8.42 Å². The molecule has 0 bridgehead atoms. The van der Waals surface area contributed by atoms with E-state index in [1.807, 2.05) is 77.1 Å². The number of amides is 2. The van der Waals surface area contributed by atoms with Crippen LogP contribution in [0.1, 0.15) is 55.4 Å². The van der Waals surface area contributed by atoms with Crippen LogP contribution in [0.15, 0.2) is 42.5 Å². The number of anilines is 1. The van der Waals surface area contributed by atoms with Crippen LogP contribution in [0.5, 0.6) is 0 Å². The van der Waals surface area contributed by atoms with E-state index >= 15 is 0 Å². The molecule has 0 aliphatic rings. The SMILES string of the molecule is CCNC(=O)[C@@H](CC)N(Cc1ccccc1C)C(=O)CCCN(c1cc(C)cc(C)c1)S(C)(=O)=O. The number of rotatable bonds is 12. The van der Waals surface area contributed by atoms with Crippen molar-refractivity contribution in [2.24, 2.45) is 0 Å². The molecule has 1 atom stereocenters. The Labute approximate surface area is 210 Å². The van der Waals surface area contributed by atoms with Gasteiger partial charge in [-0.1, -0.05) is 37.3 Å². The van der Waals surface area contributed by atoms with Crippen LogP contribution in [0.4, 0.5) is 5.69 Å². The first-order valence-corrected chi connectivity index (χ1v) is 14.0. The first-order valence-electron chi connectivity index (χ1n) is 12.2. The Kier molecular flexibility index (Phi) is 10.3. The highest BCUT2D eigenvalue weighted by Crippen LogP contribution is 2.23. The zero-order chi connectivity index (χ0) is 26.2. The van der Waals surface area contributed by atoms with Crippen LogP contribution >= 0.6 is 0 Å². The van der Waals surface area contributed by atoms with Gasteiger partial charge in [0.1, 0.15) is 6.04 Å². The fourth-order valence-electron chi connectivity index (χ4n) is 4.28. The van der Waals surface area contributed by atoms with Gasteiger partial charge >= 0.3 is 0 Å². The maximum atomic E-state index is 13.4. The summed E-state index contributed by atoms with van der Waals surface area (Å²) in [6.07, 6.45) is 2.15. The molecule has 7 nitrogen and oxygen atoms in total. The molecule has 0 aliphatic carbocycles. The zero-order valence-electron chi connectivity index (χ0n) is 21.8. The molecule has 0 saturated carbocycles. The van der Waals surface area contributed by atoms with Crippen molar-refractivity contribution in [3.63, 3.8) is 0 Å². The fraction of sp³-hybridized carbons (Fsp3) is 0.481. The molecule has 0 unspecified atom stereocenters. The van der Waals surface area contributed by atoms with E-state index in [4.69, 9.17) is 0 Å². The van der Waals surface area contributed by atoms with E-state index in [9.17, 15) is 18.0 Å². The summed E-state index contributed by atoms with van der Waals surface area (Å²) in [6, 6.07) is 12.9. The number of sulfonamides is 1. The molecule has 0 spiro atoms. The quantitative estimate of drug-likeness (QED) is 0.474. The van der Waals surface area contributed by atoms with Crippen LogP contribution in [0.2, 0.25) is 0 Å². The number of nitrogens with one attached hydrogen (secondary N) is 1. The minimum absolute atomic E-state index is 0.138. The van der Waals surface area contributed by atoms with Crippen LogP contribution in [0.25, 0.3) is 0 Å². The molecule has 2 amide bonds. The maximum Gasteiger partial charge on any atom is 0.242 e. The van der Waals surface area contributed by atoms with Gasteiger partial charge in [0.15, 0.2) is 0 Å². The summed E-state index contributed by atoms with van der Waals surface area (Å²) in [7, 11) is -3.52. The number of likely N-dealkylation sites (N-methyl/N-ethyl adjacent to an activating group) is 1. The zero-order valence-corrected chi connectivity index (χ0v) is 22.6. The number of carbonyl (C=O) groups excluding carboxylic acids is 2. The summed E-state index contributed by atoms with van der Waals surface area (Å²) in [5.74, 6) is -0.342. The molecular formula is C27H39N3O4S. The monoisotopic (exact) mass is 501 g/mol. The van der Waals surface area contributed by atoms with Crippen molar-refractivity contribution >= 4 is 27.5 Å². The molecule has 0 aliphatic heterocycles. The molecular weight excluding hydrogens is 462 g/mol. The van der Waals surface area contributed by atoms with E-state index in [1.165, 1.54) is 10.6 Å². The number of carbonyl (C=O) groups is 2. The molecule has 192 valence electrons. The predicted octanol–water partition coefficient (Wildman–Crippen LogP) is 4.10. The second-order valence-electron chi connectivity index (χ2n) is 9.05. The number of hydrogen-bond acceptors (Lipinski definition) is 4. The van der Waals surface area contributed by atoms with E-state index < -0.39 is 16.1 Å². The molecule has 0 radical (unpaired) electrons. The van der Waals surface area contributed by atoms with Crippen LogP contribution in [-0.2, 0) is 26.2 Å². The van der Waals surface area contributed by atoms with E-state index in [-0.39, 0.29) is 24.8 Å². The third kappa shape index (κ3) is 8.09. The van der Waals surface area contributed by atoms with Gasteiger partial charge in [-0.3, -0.25) is 13.9 Å². The molecule has 0 heterocycles. The summed E-state index contributed by atoms with van der Waals surface area (Å²) in [5.41, 5.74) is 4.58. The second kappa shape index (κ2) is 12.7. The van der Waals surface area contributed by atoms with Gasteiger partial charge in [0.2, 0.25) is 21.8 Å². The van der Waals surface area contributed by atoms with Crippen molar-refractivity contribution < 1.29 is 18.0 Å². The number of hydrogen-bond donors (Lipinski definition) is 1. The highest BCUT2D eigenvalue weighted by molar-refractivity contribution is 7.92. The van der Waals surface area contributed by atoms with Gasteiger partial charge < -0.3 is 10.2 Å². The third-order valence-electron chi connectivity index (χ3n) is 5.99. The summed E-state index contributed by atoms with van der Waals surface area (Å²) < 4.78 is 26.4. The van der Waals surface area contributed by atoms with E-state index in [2.05, 4.69) is 5.32 Å². The Hall–Kier alpha value is -2.87. The Morgan fingerprint density at radius 2 is 1.63 bits per heavy atom. The fourth-order valence-corrected chi connectivity index (χ4v) is 5.23. The van der Waals surface area contributed by atoms with Crippen LogP contribution in [0.3, 0.4) is 0 Å². The highest BCUT2D eigenvalue weighted by atomic mass is 32.2. The molecule has 2 aromatic carbocycles. The maximum absolute atomic E-state index is 13.4. The van der Waals surface area contributed by atoms with Gasteiger partial charge in [0.05, 0.1) is 11.9 Å². The van der Waals surface area contributed by atoms with Gasteiger partial charge in [0, 0.05) is 26.1 Å². The standard InChI is InChI=1S/C27H39N3O4S/c1-7-25(27(32)28-8-2)29(19-23-13-10-9-12-22(23)5)26(31)14-11-15-30(35(6,33)34)24-17-20(3)16-21(4)18-24/h9-10,12-13,16-18,25H,7-8,11,14-15,19H2,1-6H3,(H,28,32)/t25-/m1/s1. The smallest absolute Gasteiger partial charge is 0.242 e. The molecule has 0 fully saturated rings. The molecule has 2 aromatic rings. The second-order valence-corrected chi connectivity index (χ2v) is 11.0. The topological polar surface area (TPSA) is 86.8 Å². The van der Waals surface area contributed by atoms with Crippen molar-refractivity contribution in [3.8, 4) is 0 Å². The number of aryl methyl sites for hydroxylation is 3. The molecule has 1 N–H and O–H groups in total. The lowest BCUT2D eigenvalue weighted by Crippen LogP contribution is -2.49. The average molecular weight is 502 g/mol. The van der Waals surface area contributed by atoms with Gasteiger partial charge in [0.25, 0.3) is 0 Å². The summed E-state index contributed by atoms with van der Waals surface area (Å²) in [5, 5.41) is 2.84. The van der Waals surface area contributed by atoms with Crippen molar-refractivity contribution in [2.45, 2.75) is 66.5 Å². The molecule has 0 saturated heterocycles. The lowest BCUT2D eigenvalue weighted by atomic mass is 10.1. The highest BCUT2D eigenvalue weighted by Gasteiger charge is 2.29. The lowest BCUT2D eigenvalue weighted by molar-refractivity contribution is -0.141. The summed E-state index contributed by atoms with van der Waals surface area (Å²) in [6.45, 7) is 10.6. The number of nitrogens with zero attached hydrogens (tertiary/aromatic N) is 2. The summed E-state index contributed by atoms with van der Waals surface area (Å²) >= 11 is 0. The number of benzene rings is 2. The third-order valence-corrected chi connectivity index (χ3v) is 7.18. The van der Waals surface area contributed by atoms with E-state index in [0.717, 1.165) is 22.3 Å². The van der Waals surface area contributed by atoms with Crippen LogP contribution in [-0.4, -0.2) is 50.5 Å². The molecule has 8 heteroatoms. The first kappa shape index (κ1) is 28.4. The van der Waals surface area contributed by atoms with Crippen LogP contribution < -0.4 is 9.62 Å². The molecule has 35 heavy (non-hydrogen) atoms. The largest absolute Gasteiger partial charge is 0.355 e. The van der Waals surface area contributed by atoms with E-state index in [0.29, 0.717) is 31.6 Å². The van der Waals surface area contributed by atoms with Crippen molar-refractivity contribution in [2.75, 3.05) is 23.7 Å². The van der Waals surface area contributed by atoms with Gasteiger partial charge in [-0.2, -0.15) is 0 Å². The van der Waals surface area contributed by atoms with Crippen molar-refractivity contribution in [3.05, 3.63) is 64.7 Å². The van der Waals surface area contributed by atoms with Crippen molar-refractivity contribution in [1.82, 2.24) is 10.2 Å². The normalized spacial score (nSPS) is 12.2. The first-order chi connectivity index (χ1) is 16.5. The molecule has 2 rings (SSSR count). The van der Waals surface area contributed by atoms with Gasteiger partial charge in [-0.05, 0) is 74.9 Å². The Morgan fingerprint density at radius 1 is 1.00 bits per heavy atom. The van der Waals surface area contributed by atoms with Crippen molar-refractivity contribution in [1.29, 1.82) is 0 Å².